The molecule has 3 heterocycles. The van der Waals surface area contributed by atoms with Gasteiger partial charge in [0.1, 0.15) is 6.10 Å². The van der Waals surface area contributed by atoms with Crippen LogP contribution in [0.3, 0.4) is 0 Å². The van der Waals surface area contributed by atoms with E-state index >= 15 is 0 Å². The molecule has 2 aromatic heterocycles. The van der Waals surface area contributed by atoms with E-state index in [2.05, 4.69) is 15.0 Å². The molecular weight excluding hydrogens is 330 g/mol. The average molecular weight is 351 g/mol. The summed E-state index contributed by atoms with van der Waals surface area (Å²) in [6.07, 6.45) is 5.89. The molecule has 1 amide bonds. The van der Waals surface area contributed by atoms with Gasteiger partial charge >= 0.3 is 0 Å². The first-order chi connectivity index (χ1) is 12.6. The van der Waals surface area contributed by atoms with Gasteiger partial charge in [-0.3, -0.25) is 9.78 Å². The van der Waals surface area contributed by atoms with Crippen molar-refractivity contribution in [2.24, 2.45) is 0 Å². The first-order valence-electron chi connectivity index (χ1n) is 8.62. The number of ether oxygens (including phenoxy) is 1. The molecule has 134 valence electrons. The predicted octanol–water partition coefficient (Wildman–Crippen LogP) is 2.32. The number of carbonyl (C=O) groups is 1. The Labute approximate surface area is 151 Å². The third-order valence-electron chi connectivity index (χ3n) is 4.58. The molecule has 7 heteroatoms. The number of rotatable bonds is 4. The van der Waals surface area contributed by atoms with Crippen LogP contribution in [-0.4, -0.2) is 59.0 Å². The number of likely N-dealkylation sites (tertiary alicyclic amines) is 1. The maximum atomic E-state index is 12.8. The minimum atomic E-state index is -0.0679. The molecule has 0 spiro atoms. The topological polar surface area (TPSA) is 74.3 Å². The molecule has 1 fully saturated rings. The summed E-state index contributed by atoms with van der Waals surface area (Å²) in [5.41, 5.74) is 1.73. The highest BCUT2D eigenvalue weighted by molar-refractivity contribution is 5.98. The van der Waals surface area contributed by atoms with Gasteiger partial charge in [0, 0.05) is 49.7 Å². The Morgan fingerprint density at radius 1 is 1.31 bits per heavy atom. The van der Waals surface area contributed by atoms with Crippen LogP contribution in [0.5, 0.6) is 5.88 Å². The fourth-order valence-corrected chi connectivity index (χ4v) is 3.16. The summed E-state index contributed by atoms with van der Waals surface area (Å²) in [5.74, 6) is 1.27. The summed E-state index contributed by atoms with van der Waals surface area (Å²) in [7, 11) is 3.82. The van der Waals surface area contributed by atoms with E-state index in [0.717, 1.165) is 23.1 Å². The lowest BCUT2D eigenvalue weighted by atomic mass is 10.1. The predicted molar refractivity (Wildman–Crippen MR) is 99.6 cm³/mol. The van der Waals surface area contributed by atoms with Crippen molar-refractivity contribution in [2.75, 3.05) is 32.1 Å². The fourth-order valence-electron chi connectivity index (χ4n) is 3.16. The van der Waals surface area contributed by atoms with Crippen LogP contribution >= 0.6 is 0 Å². The molecule has 3 aromatic rings. The van der Waals surface area contributed by atoms with Crippen LogP contribution in [0, 0.1) is 0 Å². The van der Waals surface area contributed by atoms with Crippen molar-refractivity contribution in [3.63, 3.8) is 0 Å². The minimum Gasteiger partial charge on any atom is -0.471 e. The number of anilines is 1. The fraction of sp³-hybridized carbons (Fsp3) is 0.316. The number of amides is 1. The molecule has 0 radical (unpaired) electrons. The number of aromatic nitrogens is 3. The summed E-state index contributed by atoms with van der Waals surface area (Å²) >= 11 is 0. The third-order valence-corrected chi connectivity index (χ3v) is 4.58. The molecule has 0 bridgehead atoms. The van der Waals surface area contributed by atoms with Gasteiger partial charge in [0.05, 0.1) is 18.9 Å². The van der Waals surface area contributed by atoms with E-state index in [4.69, 9.17) is 4.74 Å². The van der Waals surface area contributed by atoms with Gasteiger partial charge in [0.2, 0.25) is 5.88 Å². The van der Waals surface area contributed by atoms with E-state index < -0.39 is 0 Å². The Balaban J connectivity index is 1.43. The first-order valence-corrected chi connectivity index (χ1v) is 8.62. The summed E-state index contributed by atoms with van der Waals surface area (Å²) in [6, 6.07) is 7.70. The minimum absolute atomic E-state index is 0.0346. The summed E-state index contributed by atoms with van der Waals surface area (Å²) in [6.45, 7) is 1.23. The Morgan fingerprint density at radius 3 is 3.04 bits per heavy atom. The Bertz CT molecular complexity index is 936. The number of hydrogen-bond acceptors (Lipinski definition) is 5. The number of H-pyrrole nitrogens is 1. The molecular formula is C19H21N5O2. The zero-order valence-corrected chi connectivity index (χ0v) is 14.8. The molecule has 0 unspecified atom stereocenters. The largest absolute Gasteiger partial charge is 0.471 e. The van der Waals surface area contributed by atoms with Gasteiger partial charge < -0.3 is 19.5 Å². The van der Waals surface area contributed by atoms with Crippen molar-refractivity contribution in [3.05, 3.63) is 48.4 Å². The molecule has 1 aliphatic heterocycles. The van der Waals surface area contributed by atoms with Crippen LogP contribution in [0.2, 0.25) is 0 Å². The number of nitrogens with zero attached hydrogens (tertiary/aromatic N) is 4. The van der Waals surface area contributed by atoms with Crippen LogP contribution in [0.25, 0.3) is 10.9 Å². The van der Waals surface area contributed by atoms with E-state index in [1.165, 1.54) is 0 Å². The number of fused-ring (bicyclic) bond motifs is 1. The lowest BCUT2D eigenvalue weighted by Crippen LogP contribution is -2.31. The first kappa shape index (κ1) is 16.4. The molecule has 1 aliphatic rings. The van der Waals surface area contributed by atoms with E-state index in [1.807, 2.05) is 54.4 Å². The standard InChI is InChI=1S/C19H21N5O2/c1-23(2)17-10-20-11-18(22-17)26-15-6-8-24(12-15)19(25)14-3-4-16-13(9-14)5-7-21-16/h3-5,7,9-11,15,21H,6,8,12H2,1-2H3/t15-/m0/s1. The molecule has 1 aromatic carbocycles. The molecule has 0 aliphatic carbocycles. The van der Waals surface area contributed by atoms with E-state index in [9.17, 15) is 4.79 Å². The second-order valence-corrected chi connectivity index (χ2v) is 6.67. The number of nitrogens with one attached hydrogen (secondary N) is 1. The van der Waals surface area contributed by atoms with Crippen LogP contribution in [0.4, 0.5) is 5.82 Å². The quantitative estimate of drug-likeness (QED) is 0.781. The maximum Gasteiger partial charge on any atom is 0.254 e. The van der Waals surface area contributed by atoms with Crippen molar-refractivity contribution in [1.82, 2.24) is 19.9 Å². The SMILES string of the molecule is CN(C)c1cncc(O[C@H]2CCN(C(=O)c3ccc4[nH]ccc4c3)C2)n1. The maximum absolute atomic E-state index is 12.8. The van der Waals surface area contributed by atoms with Gasteiger partial charge in [-0.05, 0) is 24.3 Å². The molecule has 7 nitrogen and oxygen atoms in total. The van der Waals surface area contributed by atoms with Crippen molar-refractivity contribution < 1.29 is 9.53 Å². The smallest absolute Gasteiger partial charge is 0.254 e. The molecule has 1 N–H and O–H groups in total. The van der Waals surface area contributed by atoms with Gasteiger partial charge in [-0.25, -0.2) is 0 Å². The number of benzene rings is 1. The second-order valence-electron chi connectivity index (χ2n) is 6.67. The van der Waals surface area contributed by atoms with Crippen LogP contribution < -0.4 is 9.64 Å². The number of carbonyl (C=O) groups excluding carboxylic acids is 1. The van der Waals surface area contributed by atoms with E-state index in [0.29, 0.717) is 24.5 Å². The van der Waals surface area contributed by atoms with Gasteiger partial charge in [-0.15, -0.1) is 0 Å². The van der Waals surface area contributed by atoms with Crippen molar-refractivity contribution in [3.8, 4) is 5.88 Å². The summed E-state index contributed by atoms with van der Waals surface area (Å²) in [4.78, 5) is 28.2. The Morgan fingerprint density at radius 2 is 2.19 bits per heavy atom. The Hall–Kier alpha value is -3.09. The van der Waals surface area contributed by atoms with Crippen LogP contribution in [-0.2, 0) is 0 Å². The van der Waals surface area contributed by atoms with Crippen LogP contribution in [0.15, 0.2) is 42.9 Å². The van der Waals surface area contributed by atoms with Gasteiger partial charge in [0.15, 0.2) is 5.82 Å². The average Bonchev–Trinajstić information content (AvgIpc) is 3.30. The van der Waals surface area contributed by atoms with E-state index in [-0.39, 0.29) is 12.0 Å². The van der Waals surface area contributed by atoms with Crippen molar-refractivity contribution >= 4 is 22.6 Å². The van der Waals surface area contributed by atoms with Gasteiger partial charge in [-0.2, -0.15) is 4.98 Å². The van der Waals surface area contributed by atoms with E-state index in [1.54, 1.807) is 12.4 Å². The molecule has 0 saturated carbocycles. The molecule has 1 atom stereocenters. The number of aromatic amines is 1. The second kappa shape index (κ2) is 6.67. The lowest BCUT2D eigenvalue weighted by molar-refractivity contribution is 0.0771. The Kier molecular flexibility index (Phi) is 4.20. The number of hydrogen-bond donors (Lipinski definition) is 1. The zero-order valence-electron chi connectivity index (χ0n) is 14.8. The van der Waals surface area contributed by atoms with Crippen molar-refractivity contribution in [1.29, 1.82) is 0 Å². The highest BCUT2D eigenvalue weighted by atomic mass is 16.5. The summed E-state index contributed by atoms with van der Waals surface area (Å²) < 4.78 is 5.94. The molecule has 4 rings (SSSR count). The highest BCUT2D eigenvalue weighted by Crippen LogP contribution is 2.21. The monoisotopic (exact) mass is 351 g/mol. The third kappa shape index (κ3) is 3.20. The normalized spacial score (nSPS) is 16.8. The van der Waals surface area contributed by atoms with Crippen LogP contribution in [0.1, 0.15) is 16.8 Å². The highest BCUT2D eigenvalue weighted by Gasteiger charge is 2.28. The lowest BCUT2D eigenvalue weighted by Gasteiger charge is -2.18. The zero-order chi connectivity index (χ0) is 18.1. The molecule has 1 saturated heterocycles. The van der Waals surface area contributed by atoms with Crippen molar-refractivity contribution in [2.45, 2.75) is 12.5 Å². The summed E-state index contributed by atoms with van der Waals surface area (Å²) in [5, 5.41) is 1.04. The van der Waals surface area contributed by atoms with Gasteiger partial charge in [-0.1, -0.05) is 0 Å². The molecule has 26 heavy (non-hydrogen) atoms. The van der Waals surface area contributed by atoms with Gasteiger partial charge in [0.25, 0.3) is 5.91 Å².